The van der Waals surface area contributed by atoms with Crippen LogP contribution in [0.2, 0.25) is 0 Å². The van der Waals surface area contributed by atoms with Gasteiger partial charge in [-0.1, -0.05) is 76.1 Å². The van der Waals surface area contributed by atoms with Crippen molar-refractivity contribution in [3.63, 3.8) is 0 Å². The molecular weight excluding hydrogens is 566 g/mol. The lowest BCUT2D eigenvalue weighted by molar-refractivity contribution is -0.117. The molecule has 0 bridgehead atoms. The minimum absolute atomic E-state index is 0.0434. The minimum atomic E-state index is -0.304. The van der Waals surface area contributed by atoms with Crippen LogP contribution in [0.25, 0.3) is 16.3 Å². The largest absolute Gasteiger partial charge is 0.496 e. The average molecular weight is 589 g/mol. The van der Waals surface area contributed by atoms with E-state index in [1.54, 1.807) is 7.11 Å². The van der Waals surface area contributed by atoms with E-state index in [2.05, 4.69) is 99.6 Å². The van der Waals surface area contributed by atoms with Crippen LogP contribution in [-0.2, 0) is 4.79 Å². The van der Waals surface area contributed by atoms with Crippen molar-refractivity contribution in [1.82, 2.24) is 0 Å². The zero-order valence-electron chi connectivity index (χ0n) is 19.6. The van der Waals surface area contributed by atoms with Crippen molar-refractivity contribution in [3.05, 3.63) is 109 Å². The Bertz CT molecular complexity index is 1590. The van der Waals surface area contributed by atoms with Crippen LogP contribution in [0.15, 0.2) is 81.2 Å². The Balaban J connectivity index is 1.63. The average Bonchev–Trinajstić information content (AvgIpc) is 3.35. The van der Waals surface area contributed by atoms with E-state index >= 15 is 0 Å². The van der Waals surface area contributed by atoms with E-state index in [-0.39, 0.29) is 17.7 Å². The Morgan fingerprint density at radius 3 is 2.31 bits per heavy atom. The molecule has 5 heteroatoms. The maximum atomic E-state index is 13.5. The zero-order valence-corrected chi connectivity index (χ0v) is 22.7. The Morgan fingerprint density at radius 1 is 0.829 bits per heavy atom. The number of ether oxygens (including phenoxy) is 1. The number of carbonyl (C=O) groups is 1. The third kappa shape index (κ3) is 3.25. The number of benzene rings is 4. The van der Waals surface area contributed by atoms with E-state index in [0.29, 0.717) is 0 Å². The van der Waals surface area contributed by atoms with Gasteiger partial charge in [0.25, 0.3) is 0 Å². The highest BCUT2D eigenvalue weighted by Gasteiger charge is 2.45. The first kappa shape index (κ1) is 22.6. The highest BCUT2D eigenvalue weighted by molar-refractivity contribution is 9.11. The van der Waals surface area contributed by atoms with E-state index in [1.165, 1.54) is 27.8 Å². The van der Waals surface area contributed by atoms with Gasteiger partial charge in [0.2, 0.25) is 5.91 Å². The van der Waals surface area contributed by atoms with Crippen LogP contribution in [0, 0.1) is 6.92 Å². The predicted molar refractivity (Wildman–Crippen MR) is 149 cm³/mol. The molecule has 35 heavy (non-hydrogen) atoms. The fraction of sp³-hybridized carbons (Fsp3) is 0.167. The lowest BCUT2D eigenvalue weighted by Gasteiger charge is -2.22. The van der Waals surface area contributed by atoms with Crippen molar-refractivity contribution in [3.8, 4) is 5.75 Å². The van der Waals surface area contributed by atoms with Crippen LogP contribution >= 0.6 is 31.9 Å². The lowest BCUT2D eigenvalue weighted by Crippen LogP contribution is -2.20. The molecule has 0 fully saturated rings. The summed E-state index contributed by atoms with van der Waals surface area (Å²) in [7, 11) is 1.71. The Hall–Kier alpha value is -2.89. The Kier molecular flexibility index (Phi) is 5.39. The predicted octanol–water partition coefficient (Wildman–Crippen LogP) is 8.34. The fourth-order valence-electron chi connectivity index (χ4n) is 5.95. The van der Waals surface area contributed by atoms with Gasteiger partial charge in [-0.3, -0.25) is 4.79 Å². The number of methoxy groups -OCH3 is 1. The van der Waals surface area contributed by atoms with Gasteiger partial charge in [0.15, 0.2) is 0 Å². The fourth-order valence-corrected chi connectivity index (χ4v) is 7.25. The Morgan fingerprint density at radius 2 is 1.54 bits per heavy atom. The smallest absolute Gasteiger partial charge is 0.233 e. The van der Waals surface area contributed by atoms with Gasteiger partial charge in [-0.2, -0.15) is 0 Å². The molecule has 0 aromatic heterocycles. The summed E-state index contributed by atoms with van der Waals surface area (Å²) in [5.41, 5.74) is 9.02. The van der Waals surface area contributed by atoms with Gasteiger partial charge in [0, 0.05) is 20.2 Å². The summed E-state index contributed by atoms with van der Waals surface area (Å²) >= 11 is 7.36. The first-order valence-corrected chi connectivity index (χ1v) is 13.2. The van der Waals surface area contributed by atoms with Crippen LogP contribution in [0.5, 0.6) is 5.75 Å². The van der Waals surface area contributed by atoms with Crippen LogP contribution in [0.4, 0.5) is 5.69 Å². The quantitative estimate of drug-likeness (QED) is 0.261. The molecule has 1 amide bonds. The summed E-state index contributed by atoms with van der Waals surface area (Å²) in [4.78, 5) is 13.5. The Labute approximate surface area is 221 Å². The van der Waals surface area contributed by atoms with Crippen LogP contribution in [0.3, 0.4) is 0 Å². The second kappa shape index (κ2) is 8.35. The molecule has 1 heterocycles. The van der Waals surface area contributed by atoms with Gasteiger partial charge in [-0.05, 0) is 80.7 Å². The molecule has 3 nitrogen and oxygen atoms in total. The minimum Gasteiger partial charge on any atom is -0.496 e. The SMILES string of the molecule is COc1ccc(C2=C(C)C(C3C(=O)Nc4c(Br)cc(Br)c(C)c43)c3ccccc32)c2ccccc12. The number of amides is 1. The number of hydrogen-bond acceptors (Lipinski definition) is 2. The second-order valence-corrected chi connectivity index (χ2v) is 10.9. The van der Waals surface area contributed by atoms with E-state index in [0.717, 1.165) is 42.3 Å². The van der Waals surface area contributed by atoms with Crippen molar-refractivity contribution in [2.24, 2.45) is 0 Å². The van der Waals surface area contributed by atoms with Crippen LogP contribution in [-0.4, -0.2) is 13.0 Å². The van der Waals surface area contributed by atoms with E-state index in [1.807, 2.05) is 18.2 Å². The molecule has 0 saturated carbocycles. The molecule has 0 radical (unpaired) electrons. The van der Waals surface area contributed by atoms with Gasteiger partial charge in [0.1, 0.15) is 5.75 Å². The number of fused-ring (bicyclic) bond motifs is 3. The zero-order chi connectivity index (χ0) is 24.4. The van der Waals surface area contributed by atoms with Crippen molar-refractivity contribution in [2.75, 3.05) is 12.4 Å². The van der Waals surface area contributed by atoms with Crippen molar-refractivity contribution >= 4 is 59.8 Å². The van der Waals surface area contributed by atoms with Crippen LogP contribution < -0.4 is 10.1 Å². The number of hydrogen-bond donors (Lipinski definition) is 1. The van der Waals surface area contributed by atoms with Crippen LogP contribution in [0.1, 0.15) is 46.6 Å². The van der Waals surface area contributed by atoms with E-state index in [4.69, 9.17) is 4.74 Å². The van der Waals surface area contributed by atoms with E-state index < -0.39 is 0 Å². The lowest BCUT2D eigenvalue weighted by atomic mass is 9.79. The molecule has 1 N–H and O–H groups in total. The summed E-state index contributed by atoms with van der Waals surface area (Å²) < 4.78 is 7.55. The molecule has 6 rings (SSSR count). The van der Waals surface area contributed by atoms with Crippen molar-refractivity contribution < 1.29 is 9.53 Å². The number of carbonyl (C=O) groups excluding carboxylic acids is 1. The summed E-state index contributed by atoms with van der Waals surface area (Å²) in [6, 6.07) is 23.1. The molecule has 2 unspecified atom stereocenters. The van der Waals surface area contributed by atoms with Gasteiger partial charge >= 0.3 is 0 Å². The molecular formula is C30H23Br2NO2. The molecule has 2 atom stereocenters. The molecule has 4 aromatic carbocycles. The maximum Gasteiger partial charge on any atom is 0.233 e. The maximum absolute atomic E-state index is 13.5. The van der Waals surface area contributed by atoms with Gasteiger partial charge in [0.05, 0.1) is 18.7 Å². The number of nitrogens with one attached hydrogen (secondary N) is 1. The monoisotopic (exact) mass is 587 g/mol. The summed E-state index contributed by atoms with van der Waals surface area (Å²) in [6.07, 6.45) is 0. The highest BCUT2D eigenvalue weighted by Crippen LogP contribution is 2.56. The van der Waals surface area contributed by atoms with Gasteiger partial charge in [-0.25, -0.2) is 0 Å². The summed E-state index contributed by atoms with van der Waals surface area (Å²) in [6.45, 7) is 4.27. The first-order chi connectivity index (χ1) is 16.9. The standard InChI is InChI=1S/C30H23Br2NO2/c1-15-22(31)14-23(32)29-27(15)28(30(34)33-29)26-16(2)25(19-10-6-7-11-20(19)26)21-12-13-24(35-3)18-9-5-4-8-17(18)21/h4-14,26,28H,1-3H3,(H,33,34). The number of rotatable bonds is 3. The van der Waals surface area contributed by atoms with Gasteiger partial charge in [-0.15, -0.1) is 0 Å². The third-order valence-corrected chi connectivity index (χ3v) is 8.95. The first-order valence-electron chi connectivity index (χ1n) is 11.6. The highest BCUT2D eigenvalue weighted by atomic mass is 79.9. The number of allylic oxidation sites excluding steroid dienone is 1. The normalized spacial score (nSPS) is 18.6. The molecule has 2 aliphatic rings. The molecule has 1 aliphatic carbocycles. The molecule has 1 aliphatic heterocycles. The summed E-state index contributed by atoms with van der Waals surface area (Å²) in [5, 5.41) is 5.40. The topological polar surface area (TPSA) is 38.3 Å². The summed E-state index contributed by atoms with van der Waals surface area (Å²) in [5.74, 6) is 0.548. The third-order valence-electron chi connectivity index (χ3n) is 7.50. The van der Waals surface area contributed by atoms with E-state index in [9.17, 15) is 4.79 Å². The molecule has 174 valence electrons. The molecule has 0 saturated heterocycles. The van der Waals surface area contributed by atoms with Crippen molar-refractivity contribution in [1.29, 1.82) is 0 Å². The second-order valence-electron chi connectivity index (χ2n) is 9.20. The van der Waals surface area contributed by atoms with Crippen molar-refractivity contribution in [2.45, 2.75) is 25.7 Å². The molecule has 4 aromatic rings. The molecule has 0 spiro atoms. The van der Waals surface area contributed by atoms with Gasteiger partial charge < -0.3 is 10.1 Å². The number of halogens is 2. The number of anilines is 1.